The highest BCUT2D eigenvalue weighted by Crippen LogP contribution is 2.30. The number of carbonyl (C=O) groups excluding carboxylic acids is 2. The van der Waals surface area contributed by atoms with Gasteiger partial charge in [0.1, 0.15) is 0 Å². The van der Waals surface area contributed by atoms with Crippen molar-refractivity contribution in [2.45, 2.75) is 45.7 Å². The van der Waals surface area contributed by atoms with Crippen LogP contribution in [0.4, 0.5) is 0 Å². The van der Waals surface area contributed by atoms with Crippen LogP contribution in [0.1, 0.15) is 48.5 Å². The number of benzene rings is 1. The second-order valence-electron chi connectivity index (χ2n) is 6.66. The number of aryl methyl sites for hydroxylation is 1. The molecule has 1 aromatic carbocycles. The third-order valence-electron chi connectivity index (χ3n) is 4.72. The first kappa shape index (κ1) is 18.0. The fourth-order valence-electron chi connectivity index (χ4n) is 3.29. The van der Waals surface area contributed by atoms with Gasteiger partial charge in [-0.3, -0.25) is 9.59 Å². The van der Waals surface area contributed by atoms with Crippen LogP contribution in [0.5, 0.6) is 0 Å². The van der Waals surface area contributed by atoms with E-state index in [0.29, 0.717) is 18.8 Å². The minimum Gasteiger partial charge on any atom is -0.351 e. The Hall–Kier alpha value is -2.76. The monoisotopic (exact) mass is 352 g/mol. The van der Waals surface area contributed by atoms with Gasteiger partial charge in [0.05, 0.1) is 24.7 Å². The molecule has 2 aromatic rings. The maximum absolute atomic E-state index is 12.9. The lowest BCUT2D eigenvalue weighted by atomic mass is 10.0. The van der Waals surface area contributed by atoms with E-state index in [1.54, 1.807) is 12.3 Å². The lowest BCUT2D eigenvalue weighted by Gasteiger charge is -2.24. The van der Waals surface area contributed by atoms with Crippen LogP contribution in [0.3, 0.4) is 0 Å². The average molecular weight is 352 g/mol. The van der Waals surface area contributed by atoms with Crippen molar-refractivity contribution in [1.82, 2.24) is 20.2 Å². The molecule has 0 aliphatic carbocycles. The van der Waals surface area contributed by atoms with Crippen molar-refractivity contribution in [3.63, 3.8) is 0 Å². The molecule has 6 heteroatoms. The van der Waals surface area contributed by atoms with Crippen molar-refractivity contribution in [1.29, 1.82) is 0 Å². The van der Waals surface area contributed by atoms with Crippen LogP contribution >= 0.6 is 0 Å². The molecule has 0 unspecified atom stereocenters. The van der Waals surface area contributed by atoms with E-state index in [4.69, 9.17) is 0 Å². The Morgan fingerprint density at radius 3 is 2.85 bits per heavy atom. The van der Waals surface area contributed by atoms with E-state index >= 15 is 0 Å². The molecule has 1 aliphatic heterocycles. The first-order chi connectivity index (χ1) is 12.5. The fraction of sp³-hybridized carbons (Fsp3) is 0.400. The molecule has 0 saturated carbocycles. The fourth-order valence-corrected chi connectivity index (χ4v) is 3.29. The van der Waals surface area contributed by atoms with Gasteiger partial charge in [-0.05, 0) is 37.0 Å². The molecular formula is C20H24N4O2. The lowest BCUT2D eigenvalue weighted by molar-refractivity contribution is -0.131. The van der Waals surface area contributed by atoms with Gasteiger partial charge in [-0.2, -0.15) is 0 Å². The van der Waals surface area contributed by atoms with Gasteiger partial charge in [0.15, 0.2) is 5.82 Å². The normalized spacial score (nSPS) is 16.5. The molecule has 0 spiro atoms. The SMILES string of the molecule is CC(=O)NCc1ccnc([C@H]2CCCN2C(=O)Cc2ccccc2C)n1. The van der Waals surface area contributed by atoms with Gasteiger partial charge in [-0.1, -0.05) is 24.3 Å². The zero-order valence-corrected chi connectivity index (χ0v) is 15.2. The predicted octanol–water partition coefficient (Wildman–Crippen LogP) is 2.33. The Kier molecular flexibility index (Phi) is 5.61. The summed E-state index contributed by atoms with van der Waals surface area (Å²) < 4.78 is 0. The molecule has 2 heterocycles. The maximum Gasteiger partial charge on any atom is 0.227 e. The zero-order chi connectivity index (χ0) is 18.5. The van der Waals surface area contributed by atoms with Gasteiger partial charge in [-0.15, -0.1) is 0 Å². The van der Waals surface area contributed by atoms with Crippen molar-refractivity contribution >= 4 is 11.8 Å². The van der Waals surface area contributed by atoms with E-state index in [1.165, 1.54) is 6.92 Å². The van der Waals surface area contributed by atoms with Crippen LogP contribution in [-0.2, 0) is 22.6 Å². The van der Waals surface area contributed by atoms with Crippen LogP contribution in [0.15, 0.2) is 36.5 Å². The summed E-state index contributed by atoms with van der Waals surface area (Å²) in [5.41, 5.74) is 2.94. The topological polar surface area (TPSA) is 75.2 Å². The third-order valence-corrected chi connectivity index (χ3v) is 4.72. The number of carbonyl (C=O) groups is 2. The quantitative estimate of drug-likeness (QED) is 0.896. The van der Waals surface area contributed by atoms with Crippen molar-refractivity contribution in [3.05, 3.63) is 59.2 Å². The third kappa shape index (κ3) is 4.25. The van der Waals surface area contributed by atoms with E-state index in [9.17, 15) is 9.59 Å². The standard InChI is InChI=1S/C20H24N4O2/c1-14-6-3-4-7-16(14)12-19(26)24-11-5-8-18(24)20-21-10-9-17(23-20)13-22-15(2)25/h3-4,6-7,9-10,18H,5,8,11-13H2,1-2H3,(H,22,25)/t18-/m1/s1. The van der Waals surface area contributed by atoms with Crippen LogP contribution in [0, 0.1) is 6.92 Å². The van der Waals surface area contributed by atoms with Crippen LogP contribution in [0.2, 0.25) is 0 Å². The first-order valence-electron chi connectivity index (χ1n) is 8.95. The number of likely N-dealkylation sites (tertiary alicyclic amines) is 1. The molecule has 1 aliphatic rings. The van der Waals surface area contributed by atoms with Gasteiger partial charge in [0.25, 0.3) is 0 Å². The van der Waals surface area contributed by atoms with Crippen molar-refractivity contribution in [3.8, 4) is 0 Å². The summed E-state index contributed by atoms with van der Waals surface area (Å²) in [7, 11) is 0. The van der Waals surface area contributed by atoms with E-state index in [1.807, 2.05) is 36.1 Å². The molecule has 26 heavy (non-hydrogen) atoms. The number of amides is 2. The molecule has 0 bridgehead atoms. The maximum atomic E-state index is 12.9. The summed E-state index contributed by atoms with van der Waals surface area (Å²) in [5.74, 6) is 0.669. The molecule has 1 fully saturated rings. The van der Waals surface area contributed by atoms with E-state index in [0.717, 1.165) is 36.2 Å². The van der Waals surface area contributed by atoms with Crippen molar-refractivity contribution in [2.75, 3.05) is 6.54 Å². The predicted molar refractivity (Wildman–Crippen MR) is 98.1 cm³/mol. The summed E-state index contributed by atoms with van der Waals surface area (Å²) in [5, 5.41) is 2.74. The summed E-state index contributed by atoms with van der Waals surface area (Å²) in [6.45, 7) is 4.60. The Morgan fingerprint density at radius 1 is 1.27 bits per heavy atom. The second-order valence-corrected chi connectivity index (χ2v) is 6.66. The molecule has 3 rings (SSSR count). The van der Waals surface area contributed by atoms with Gasteiger partial charge >= 0.3 is 0 Å². The number of nitrogens with zero attached hydrogens (tertiary/aromatic N) is 3. The minimum atomic E-state index is -0.0962. The number of aromatic nitrogens is 2. The zero-order valence-electron chi connectivity index (χ0n) is 15.2. The van der Waals surface area contributed by atoms with E-state index in [-0.39, 0.29) is 17.9 Å². The van der Waals surface area contributed by atoms with Crippen molar-refractivity contribution in [2.24, 2.45) is 0 Å². The highest BCUT2D eigenvalue weighted by atomic mass is 16.2. The van der Waals surface area contributed by atoms with Crippen molar-refractivity contribution < 1.29 is 9.59 Å². The van der Waals surface area contributed by atoms with Gasteiger partial charge in [0.2, 0.25) is 11.8 Å². The van der Waals surface area contributed by atoms with E-state index < -0.39 is 0 Å². The van der Waals surface area contributed by atoms with Gasteiger partial charge < -0.3 is 10.2 Å². The molecular weight excluding hydrogens is 328 g/mol. The van der Waals surface area contributed by atoms with Crippen LogP contribution in [0.25, 0.3) is 0 Å². The molecule has 1 saturated heterocycles. The smallest absolute Gasteiger partial charge is 0.227 e. The van der Waals surface area contributed by atoms with Crippen LogP contribution in [-0.4, -0.2) is 33.2 Å². The van der Waals surface area contributed by atoms with Gasteiger partial charge in [0, 0.05) is 19.7 Å². The highest BCUT2D eigenvalue weighted by Gasteiger charge is 2.32. The minimum absolute atomic E-state index is 0.0937. The van der Waals surface area contributed by atoms with Crippen LogP contribution < -0.4 is 5.32 Å². The van der Waals surface area contributed by atoms with Gasteiger partial charge in [-0.25, -0.2) is 9.97 Å². The Balaban J connectivity index is 1.73. The number of nitrogens with one attached hydrogen (secondary N) is 1. The molecule has 6 nitrogen and oxygen atoms in total. The highest BCUT2D eigenvalue weighted by molar-refractivity contribution is 5.79. The lowest BCUT2D eigenvalue weighted by Crippen LogP contribution is -2.33. The first-order valence-corrected chi connectivity index (χ1v) is 8.95. The average Bonchev–Trinajstić information content (AvgIpc) is 3.12. The summed E-state index contributed by atoms with van der Waals surface area (Å²) >= 11 is 0. The molecule has 2 amide bonds. The Labute approximate surface area is 153 Å². The molecule has 136 valence electrons. The Bertz CT molecular complexity index is 806. The molecule has 1 N–H and O–H groups in total. The van der Waals surface area contributed by atoms with E-state index in [2.05, 4.69) is 15.3 Å². The largest absolute Gasteiger partial charge is 0.351 e. The molecule has 1 atom stereocenters. The summed E-state index contributed by atoms with van der Waals surface area (Å²) in [6, 6.07) is 9.67. The number of hydrogen-bond acceptors (Lipinski definition) is 4. The molecule has 0 radical (unpaired) electrons. The summed E-state index contributed by atoms with van der Waals surface area (Å²) in [6.07, 6.45) is 3.91. The molecule has 1 aromatic heterocycles. The summed E-state index contributed by atoms with van der Waals surface area (Å²) in [4.78, 5) is 34.8. The number of hydrogen-bond donors (Lipinski definition) is 1. The Morgan fingerprint density at radius 2 is 2.08 bits per heavy atom. The second kappa shape index (κ2) is 8.08. The number of rotatable bonds is 5.